The fraction of sp³-hybridized carbons (Fsp3) is 0.476. The lowest BCUT2D eigenvalue weighted by molar-refractivity contribution is -0.129. The van der Waals surface area contributed by atoms with Crippen LogP contribution in [-0.2, 0) is 22.6 Å². The molecule has 3 heterocycles. The maximum Gasteiger partial charge on any atom is 0.344 e. The number of carbonyl (C=O) groups is 1. The van der Waals surface area contributed by atoms with E-state index in [1.165, 1.54) is 11.8 Å². The molecule has 1 unspecified atom stereocenters. The highest BCUT2D eigenvalue weighted by Crippen LogP contribution is 2.31. The zero-order valence-electron chi connectivity index (χ0n) is 17.8. The van der Waals surface area contributed by atoms with E-state index in [1.54, 1.807) is 21.6 Å². The molecule has 1 saturated heterocycles. The number of nitrogens with zero attached hydrogens (tertiary/aromatic N) is 5. The minimum absolute atomic E-state index is 0.00292. The average Bonchev–Trinajstić information content (AvgIpc) is 3.18. The number of rotatable bonds is 9. The Kier molecular flexibility index (Phi) is 6.52. The summed E-state index contributed by atoms with van der Waals surface area (Å²) >= 11 is 7.45. The number of aromatic nitrogens is 5. The van der Waals surface area contributed by atoms with E-state index in [2.05, 4.69) is 20.4 Å². The number of amides is 1. The first kappa shape index (κ1) is 22.2. The topological polar surface area (TPSA) is 119 Å². The van der Waals surface area contributed by atoms with E-state index in [1.807, 2.05) is 12.1 Å². The van der Waals surface area contributed by atoms with Crippen LogP contribution in [0.5, 0.6) is 0 Å². The number of H-pyrrole nitrogens is 1. The Morgan fingerprint density at radius 2 is 2.12 bits per heavy atom. The summed E-state index contributed by atoms with van der Waals surface area (Å²) in [6.45, 7) is 1.37. The molecule has 3 aromatic rings. The molecule has 1 aliphatic heterocycles. The lowest BCUT2D eigenvalue weighted by Crippen LogP contribution is -2.34. The second-order valence-corrected chi connectivity index (χ2v) is 9.43. The van der Waals surface area contributed by atoms with Crippen LogP contribution >= 0.6 is 23.4 Å². The lowest BCUT2D eigenvalue weighted by Gasteiger charge is -2.20. The van der Waals surface area contributed by atoms with Gasteiger partial charge in [0.2, 0.25) is 17.7 Å². The van der Waals surface area contributed by atoms with Crippen molar-refractivity contribution < 1.29 is 13.9 Å². The van der Waals surface area contributed by atoms with Gasteiger partial charge in [-0.1, -0.05) is 35.5 Å². The third kappa shape index (κ3) is 5.15. The molecular weight excluding hydrogens is 468 g/mol. The molecule has 1 atom stereocenters. The third-order valence-electron chi connectivity index (χ3n) is 5.64. The van der Waals surface area contributed by atoms with Crippen LogP contribution in [0.15, 0.2) is 38.6 Å². The van der Waals surface area contributed by atoms with Gasteiger partial charge in [0.1, 0.15) is 0 Å². The molecule has 1 aromatic carbocycles. The van der Waals surface area contributed by atoms with Crippen LogP contribution < -0.4 is 5.69 Å². The maximum atomic E-state index is 13.0. The number of benzene rings is 1. The smallest absolute Gasteiger partial charge is 0.344 e. The van der Waals surface area contributed by atoms with Crippen LogP contribution in [-0.4, -0.2) is 60.3 Å². The zero-order chi connectivity index (χ0) is 22.8. The van der Waals surface area contributed by atoms with Gasteiger partial charge in [0, 0.05) is 12.6 Å². The van der Waals surface area contributed by atoms with Crippen molar-refractivity contribution in [2.75, 3.05) is 12.4 Å². The van der Waals surface area contributed by atoms with Gasteiger partial charge in [-0.25, -0.2) is 9.89 Å². The number of aromatic amines is 1. The Hall–Kier alpha value is -2.63. The maximum absolute atomic E-state index is 13.0. The second-order valence-electron chi connectivity index (χ2n) is 8.08. The summed E-state index contributed by atoms with van der Waals surface area (Å²) in [5.41, 5.74) is 0.359. The van der Waals surface area contributed by atoms with Gasteiger partial charge in [0.05, 0.1) is 35.5 Å². The van der Waals surface area contributed by atoms with E-state index in [0.29, 0.717) is 40.7 Å². The molecule has 0 spiro atoms. The van der Waals surface area contributed by atoms with Crippen molar-refractivity contribution in [2.24, 2.45) is 0 Å². The molecule has 1 saturated carbocycles. The van der Waals surface area contributed by atoms with Crippen molar-refractivity contribution in [2.45, 2.75) is 56.1 Å². The summed E-state index contributed by atoms with van der Waals surface area (Å²) in [5.74, 6) is 0.754. The number of hydrogen-bond acceptors (Lipinski definition) is 8. The number of carbonyl (C=O) groups excluding carboxylic acids is 1. The van der Waals surface area contributed by atoms with Crippen molar-refractivity contribution in [3.8, 4) is 11.5 Å². The van der Waals surface area contributed by atoms with E-state index in [-0.39, 0.29) is 36.0 Å². The fourth-order valence-electron chi connectivity index (χ4n) is 3.79. The monoisotopic (exact) mass is 490 g/mol. The Labute approximate surface area is 198 Å². The summed E-state index contributed by atoms with van der Waals surface area (Å²) in [7, 11) is 0. The molecule has 1 aliphatic carbocycles. The molecule has 12 heteroatoms. The summed E-state index contributed by atoms with van der Waals surface area (Å²) < 4.78 is 13.0. The number of ether oxygens (including phenoxy) is 1. The summed E-state index contributed by atoms with van der Waals surface area (Å²) in [6, 6.07) is 7.39. The Balaban J connectivity index is 1.24. The van der Waals surface area contributed by atoms with E-state index >= 15 is 0 Å². The molecule has 33 heavy (non-hydrogen) atoms. The molecule has 174 valence electrons. The van der Waals surface area contributed by atoms with Crippen LogP contribution in [0.25, 0.3) is 11.5 Å². The normalized spacial score (nSPS) is 18.0. The van der Waals surface area contributed by atoms with Gasteiger partial charge in [0.25, 0.3) is 0 Å². The average molecular weight is 491 g/mol. The molecule has 1 N–H and O–H groups in total. The number of halogens is 1. The SMILES string of the molecule is O=C(CSc1n[nH]c(=O)n1CC1CCCO1)N(Cc1nnc(-c2ccccc2Cl)o1)C1CC1. The molecule has 0 bridgehead atoms. The molecule has 2 fully saturated rings. The van der Waals surface area contributed by atoms with Crippen LogP contribution in [0.2, 0.25) is 5.02 Å². The molecular formula is C21H23ClN6O4S. The van der Waals surface area contributed by atoms with E-state index in [0.717, 1.165) is 25.7 Å². The number of hydrogen-bond donors (Lipinski definition) is 1. The third-order valence-corrected chi connectivity index (χ3v) is 6.93. The van der Waals surface area contributed by atoms with Crippen LogP contribution in [0, 0.1) is 0 Å². The Bertz CT molecular complexity index is 1180. The first-order valence-electron chi connectivity index (χ1n) is 10.8. The highest BCUT2D eigenvalue weighted by molar-refractivity contribution is 7.99. The van der Waals surface area contributed by atoms with Gasteiger partial charge < -0.3 is 14.1 Å². The zero-order valence-corrected chi connectivity index (χ0v) is 19.3. The highest BCUT2D eigenvalue weighted by atomic mass is 35.5. The Morgan fingerprint density at radius 3 is 2.88 bits per heavy atom. The van der Waals surface area contributed by atoms with Crippen molar-refractivity contribution in [1.29, 1.82) is 0 Å². The van der Waals surface area contributed by atoms with Gasteiger partial charge in [0.15, 0.2) is 5.16 Å². The van der Waals surface area contributed by atoms with E-state index in [4.69, 9.17) is 20.8 Å². The van der Waals surface area contributed by atoms with Crippen molar-refractivity contribution in [3.05, 3.63) is 45.7 Å². The first-order valence-corrected chi connectivity index (χ1v) is 12.2. The molecule has 10 nitrogen and oxygen atoms in total. The van der Waals surface area contributed by atoms with E-state index in [9.17, 15) is 9.59 Å². The number of thioether (sulfide) groups is 1. The van der Waals surface area contributed by atoms with Gasteiger partial charge in [-0.3, -0.25) is 9.36 Å². The van der Waals surface area contributed by atoms with Crippen molar-refractivity contribution in [3.63, 3.8) is 0 Å². The predicted molar refractivity (Wildman–Crippen MR) is 121 cm³/mol. The first-order chi connectivity index (χ1) is 16.1. The molecule has 2 aliphatic rings. The largest absolute Gasteiger partial charge is 0.419 e. The van der Waals surface area contributed by atoms with Gasteiger partial charge >= 0.3 is 5.69 Å². The predicted octanol–water partition coefficient (Wildman–Crippen LogP) is 2.74. The minimum atomic E-state index is -0.294. The van der Waals surface area contributed by atoms with Gasteiger partial charge in [-0.05, 0) is 37.8 Å². The standard InChI is InChI=1S/C21H23ClN6O4S/c22-16-6-2-1-5-15(16)19-24-23-17(32-19)11-27(13-7-8-13)18(29)12-33-21-26-25-20(30)28(21)10-14-4-3-9-31-14/h1-2,5-6,13-14H,3-4,7-12H2,(H,25,30). The molecule has 5 rings (SSSR count). The molecule has 0 radical (unpaired) electrons. The van der Waals surface area contributed by atoms with Gasteiger partial charge in [-0.15, -0.1) is 15.3 Å². The molecule has 2 aromatic heterocycles. The van der Waals surface area contributed by atoms with Crippen molar-refractivity contribution >= 4 is 29.3 Å². The van der Waals surface area contributed by atoms with Crippen LogP contribution in [0.4, 0.5) is 0 Å². The highest BCUT2D eigenvalue weighted by Gasteiger charge is 2.34. The minimum Gasteiger partial charge on any atom is -0.419 e. The quantitative estimate of drug-likeness (QED) is 0.455. The lowest BCUT2D eigenvalue weighted by atomic mass is 10.2. The number of nitrogens with one attached hydrogen (secondary N) is 1. The summed E-state index contributed by atoms with van der Waals surface area (Å²) in [6.07, 6.45) is 3.78. The summed E-state index contributed by atoms with van der Waals surface area (Å²) in [4.78, 5) is 26.9. The van der Waals surface area contributed by atoms with E-state index < -0.39 is 0 Å². The van der Waals surface area contributed by atoms with Crippen molar-refractivity contribution in [1.82, 2.24) is 29.9 Å². The van der Waals surface area contributed by atoms with Crippen LogP contribution in [0.1, 0.15) is 31.6 Å². The van der Waals surface area contributed by atoms with Crippen LogP contribution in [0.3, 0.4) is 0 Å². The second kappa shape index (κ2) is 9.70. The fourth-order valence-corrected chi connectivity index (χ4v) is 4.85. The molecule has 1 amide bonds. The summed E-state index contributed by atoms with van der Waals surface area (Å²) in [5, 5.41) is 15.8. The Morgan fingerprint density at radius 1 is 1.27 bits per heavy atom. The van der Waals surface area contributed by atoms with Gasteiger partial charge in [-0.2, -0.15) is 0 Å².